The zero-order chi connectivity index (χ0) is 26.8. The molecule has 4 heterocycles. The third kappa shape index (κ3) is 3.57. The van der Waals surface area contributed by atoms with Gasteiger partial charge in [-0.1, -0.05) is 49.8 Å². The van der Waals surface area contributed by atoms with Crippen molar-refractivity contribution in [2.75, 3.05) is 0 Å². The van der Waals surface area contributed by atoms with Gasteiger partial charge in [0.25, 0.3) is 0 Å². The number of carbonyl (C=O) groups excluding carboxylic acids is 2. The van der Waals surface area contributed by atoms with Crippen LogP contribution in [0.4, 0.5) is 0 Å². The van der Waals surface area contributed by atoms with E-state index in [-0.39, 0.29) is 29.6 Å². The van der Waals surface area contributed by atoms with E-state index in [1.54, 1.807) is 0 Å². The third-order valence-corrected chi connectivity index (χ3v) is 9.58. The van der Waals surface area contributed by atoms with Crippen molar-refractivity contribution in [3.63, 3.8) is 0 Å². The maximum absolute atomic E-state index is 14.3. The van der Waals surface area contributed by atoms with Crippen LogP contribution in [0.25, 0.3) is 10.9 Å². The van der Waals surface area contributed by atoms with Gasteiger partial charge in [0.1, 0.15) is 5.41 Å². The second kappa shape index (κ2) is 9.12. The lowest BCUT2D eigenvalue weighted by Crippen LogP contribution is -2.54. The van der Waals surface area contributed by atoms with Crippen molar-refractivity contribution in [2.45, 2.75) is 64.5 Å². The minimum Gasteiger partial charge on any atom is -0.388 e. The molecule has 0 radical (unpaired) electrons. The molecule has 3 aliphatic rings. The summed E-state index contributed by atoms with van der Waals surface area (Å²) in [7, 11) is 0. The molecule has 2 bridgehead atoms. The molecule has 1 fully saturated rings. The highest BCUT2D eigenvalue weighted by Crippen LogP contribution is 2.55. The zero-order valence-corrected chi connectivity index (χ0v) is 22.5. The fraction of sp³-hybridized carbons (Fsp3) is 0.438. The Morgan fingerprint density at radius 3 is 2.66 bits per heavy atom. The number of para-hydroxylation sites is 1. The third-order valence-electron chi connectivity index (χ3n) is 9.58. The summed E-state index contributed by atoms with van der Waals surface area (Å²) in [6.07, 6.45) is 7.71. The number of aliphatic hydroxyl groups excluding tert-OH is 1. The van der Waals surface area contributed by atoms with E-state index in [0.29, 0.717) is 23.7 Å². The first-order valence-corrected chi connectivity index (χ1v) is 13.8. The molecule has 6 heteroatoms. The smallest absolute Gasteiger partial charge is 0.233 e. The highest BCUT2D eigenvalue weighted by Gasteiger charge is 2.64. The Hall–Kier alpha value is -3.38. The number of nitrogens with one attached hydrogen (secondary N) is 3. The van der Waals surface area contributed by atoms with E-state index >= 15 is 0 Å². The van der Waals surface area contributed by atoms with Crippen molar-refractivity contribution >= 4 is 22.6 Å². The Morgan fingerprint density at radius 2 is 1.84 bits per heavy atom. The summed E-state index contributed by atoms with van der Waals surface area (Å²) in [4.78, 5) is 34.4. The lowest BCUT2D eigenvalue weighted by molar-refractivity contribution is -0.127. The van der Waals surface area contributed by atoms with E-state index < -0.39 is 17.4 Å². The molecule has 7 unspecified atom stereocenters. The molecule has 2 aromatic heterocycles. The van der Waals surface area contributed by atoms with Crippen LogP contribution in [0.3, 0.4) is 0 Å². The highest BCUT2D eigenvalue weighted by atomic mass is 16.3. The number of carbonyl (C=O) groups is 2. The number of amides is 1. The zero-order valence-electron chi connectivity index (χ0n) is 22.5. The van der Waals surface area contributed by atoms with Gasteiger partial charge >= 0.3 is 0 Å². The first-order valence-electron chi connectivity index (χ1n) is 13.8. The number of H-pyrrole nitrogens is 2. The van der Waals surface area contributed by atoms with E-state index in [9.17, 15) is 14.7 Å². The largest absolute Gasteiger partial charge is 0.388 e. The molecule has 6 nitrogen and oxygen atoms in total. The molecule has 1 spiro atoms. The maximum atomic E-state index is 14.3. The average Bonchev–Trinajstić information content (AvgIpc) is 3.61. The molecular formula is C32H37N3O3. The van der Waals surface area contributed by atoms with Gasteiger partial charge in [0.15, 0.2) is 5.78 Å². The summed E-state index contributed by atoms with van der Waals surface area (Å²) in [6, 6.07) is 11.8. The Bertz CT molecular complexity index is 1480. The molecule has 3 aromatic rings. The molecule has 1 aromatic carbocycles. The predicted molar refractivity (Wildman–Crippen MR) is 149 cm³/mol. The van der Waals surface area contributed by atoms with E-state index in [2.05, 4.69) is 53.4 Å². The van der Waals surface area contributed by atoms with Gasteiger partial charge in [-0.3, -0.25) is 9.59 Å². The molecule has 2 aliphatic heterocycles. The molecule has 7 atom stereocenters. The first-order chi connectivity index (χ1) is 18.2. The summed E-state index contributed by atoms with van der Waals surface area (Å²) in [5.41, 5.74) is 4.42. The lowest BCUT2D eigenvalue weighted by Gasteiger charge is -2.46. The van der Waals surface area contributed by atoms with Crippen molar-refractivity contribution in [3.8, 4) is 0 Å². The summed E-state index contributed by atoms with van der Waals surface area (Å²) < 4.78 is 0. The van der Waals surface area contributed by atoms with Gasteiger partial charge in [-0.25, -0.2) is 0 Å². The van der Waals surface area contributed by atoms with Crippen molar-refractivity contribution < 1.29 is 14.7 Å². The van der Waals surface area contributed by atoms with E-state index in [4.69, 9.17) is 0 Å². The number of benzene rings is 1. The van der Waals surface area contributed by atoms with E-state index in [1.807, 2.05) is 44.3 Å². The number of hydrogen-bond donors (Lipinski definition) is 4. The molecule has 1 aliphatic carbocycles. The number of aromatic amines is 2. The fourth-order valence-corrected chi connectivity index (χ4v) is 7.57. The maximum Gasteiger partial charge on any atom is 0.233 e. The number of ketones is 1. The van der Waals surface area contributed by atoms with Gasteiger partial charge in [0.2, 0.25) is 5.91 Å². The molecule has 0 saturated carbocycles. The van der Waals surface area contributed by atoms with Crippen molar-refractivity contribution in [3.05, 3.63) is 82.8 Å². The van der Waals surface area contributed by atoms with Crippen molar-refractivity contribution in [2.24, 2.45) is 23.7 Å². The SMILES string of the molecule is CC1=C(C)C2C(Cc3c[nH]c4ccccc34)NC(=O)C23c2ccc([nH]2)C(=O)C(C)CC(C)CC=CC3C1O. The number of aromatic nitrogens is 2. The van der Waals surface area contributed by atoms with Crippen LogP contribution >= 0.6 is 0 Å². The molecule has 198 valence electrons. The first kappa shape index (κ1) is 24.9. The topological polar surface area (TPSA) is 98.0 Å². The molecular weight excluding hydrogens is 474 g/mol. The van der Waals surface area contributed by atoms with Gasteiger partial charge in [0, 0.05) is 46.6 Å². The number of rotatable bonds is 2. The molecule has 1 saturated heterocycles. The number of aliphatic hydroxyl groups is 1. The number of Topliss-reactive ketones (excluding diaryl/α,β-unsaturated/α-hetero) is 1. The van der Waals surface area contributed by atoms with Crippen LogP contribution < -0.4 is 5.32 Å². The Labute approximate surface area is 223 Å². The lowest BCUT2D eigenvalue weighted by atomic mass is 9.55. The van der Waals surface area contributed by atoms with Crippen LogP contribution in [-0.2, 0) is 16.6 Å². The molecule has 38 heavy (non-hydrogen) atoms. The second-order valence-corrected chi connectivity index (χ2v) is 11.9. The van der Waals surface area contributed by atoms with Gasteiger partial charge in [-0.2, -0.15) is 0 Å². The van der Waals surface area contributed by atoms with Crippen molar-refractivity contribution in [1.29, 1.82) is 0 Å². The number of fused-ring (bicyclic) bond motifs is 3. The monoisotopic (exact) mass is 511 g/mol. The normalized spacial score (nSPS) is 33.5. The molecule has 6 rings (SSSR count). The van der Waals surface area contributed by atoms with Gasteiger partial charge in [-0.15, -0.1) is 0 Å². The standard InChI is InChI=1S/C32H37N3O3/c1-17-8-7-10-23-30(37)20(4)19(3)28-26(15-21-16-33-24-11-6-5-9-22(21)24)35-31(38)32(23,28)27-13-12-25(34-27)29(36)18(2)14-17/h5-7,9-13,16-18,23,26,28,30,33-34,37H,8,14-15H2,1-4H3,(H,35,38). The van der Waals surface area contributed by atoms with Gasteiger partial charge in [0.05, 0.1) is 11.8 Å². The van der Waals surface area contributed by atoms with Crippen LogP contribution in [-0.4, -0.2) is 38.9 Å². The quantitative estimate of drug-likeness (QED) is 0.355. The van der Waals surface area contributed by atoms with Crippen LogP contribution in [0.15, 0.2) is 65.9 Å². The van der Waals surface area contributed by atoms with Gasteiger partial charge in [-0.05, 0) is 68.4 Å². The van der Waals surface area contributed by atoms with E-state index in [1.165, 1.54) is 0 Å². The highest BCUT2D eigenvalue weighted by molar-refractivity contribution is 5.98. The van der Waals surface area contributed by atoms with Crippen LogP contribution in [0.1, 0.15) is 62.3 Å². The molecule has 1 amide bonds. The van der Waals surface area contributed by atoms with Crippen LogP contribution in [0.5, 0.6) is 0 Å². The fourth-order valence-electron chi connectivity index (χ4n) is 7.57. The summed E-state index contributed by atoms with van der Waals surface area (Å²) in [5, 5.41) is 16.2. The van der Waals surface area contributed by atoms with Crippen molar-refractivity contribution in [1.82, 2.24) is 15.3 Å². The van der Waals surface area contributed by atoms with Gasteiger partial charge < -0.3 is 20.4 Å². The second-order valence-electron chi connectivity index (χ2n) is 11.9. The summed E-state index contributed by atoms with van der Waals surface area (Å²) in [6.45, 7) is 8.19. The summed E-state index contributed by atoms with van der Waals surface area (Å²) in [5.74, 6) is -0.438. The van der Waals surface area contributed by atoms with Crippen LogP contribution in [0.2, 0.25) is 0 Å². The minimum absolute atomic E-state index is 0.0747. The minimum atomic E-state index is -1.04. The van der Waals surface area contributed by atoms with Crippen LogP contribution in [0, 0.1) is 23.7 Å². The predicted octanol–water partition coefficient (Wildman–Crippen LogP) is 5.22. The summed E-state index contributed by atoms with van der Waals surface area (Å²) >= 11 is 0. The number of allylic oxidation sites excluding steroid dienone is 1. The Morgan fingerprint density at radius 1 is 1.05 bits per heavy atom. The average molecular weight is 512 g/mol. The Kier molecular flexibility index (Phi) is 5.98. The number of hydrogen-bond acceptors (Lipinski definition) is 3. The molecule has 4 N–H and O–H groups in total. The Balaban J connectivity index is 1.53. The van der Waals surface area contributed by atoms with E-state index in [0.717, 1.165) is 40.5 Å².